The largest absolute Gasteiger partial charge is 0.332 e. The minimum absolute atomic E-state index is 0.281. The number of hydrogen-bond donors (Lipinski definition) is 2. The third-order valence-corrected chi connectivity index (χ3v) is 4.89. The molecule has 2 amide bonds. The van der Waals surface area contributed by atoms with Gasteiger partial charge in [-0.3, -0.25) is 9.58 Å². The van der Waals surface area contributed by atoms with E-state index in [0.717, 1.165) is 50.3 Å². The summed E-state index contributed by atoms with van der Waals surface area (Å²) in [5.74, 6) is 0. The molecule has 1 aromatic heterocycles. The van der Waals surface area contributed by atoms with E-state index in [-0.39, 0.29) is 6.03 Å². The Morgan fingerprint density at radius 3 is 2.96 bits per heavy atom. The Bertz CT molecular complexity index is 753. The normalized spacial score (nSPS) is 14.6. The second-order valence-corrected chi connectivity index (χ2v) is 7.13. The highest BCUT2D eigenvalue weighted by Gasteiger charge is 2.16. The fourth-order valence-corrected chi connectivity index (χ4v) is 3.57. The zero-order valence-electron chi connectivity index (χ0n) is 15.4. The van der Waals surface area contributed by atoms with Crippen LogP contribution in [0.15, 0.2) is 24.3 Å². The first-order valence-electron chi connectivity index (χ1n) is 9.14. The molecule has 0 aliphatic carbocycles. The van der Waals surface area contributed by atoms with Crippen LogP contribution in [0.1, 0.15) is 36.7 Å². The topological polar surface area (TPSA) is 62.2 Å². The third-order valence-electron chi connectivity index (χ3n) is 4.57. The molecule has 0 spiro atoms. The van der Waals surface area contributed by atoms with Crippen molar-refractivity contribution in [1.29, 1.82) is 0 Å². The standard InChI is InChI=1S/C19H26ClN5O/c1-3-8-24-9-5-10-25-16(13-24)11-15(23-25)12-21-19(26)22-18-14(2)6-4-7-17(18)20/h4,6-7,11H,3,5,8-10,12-13H2,1-2H3,(H2,21,22,26). The number of aromatic nitrogens is 2. The van der Waals surface area contributed by atoms with Crippen LogP contribution in [0.2, 0.25) is 5.02 Å². The maximum atomic E-state index is 12.2. The van der Waals surface area contributed by atoms with Crippen LogP contribution >= 0.6 is 11.6 Å². The van der Waals surface area contributed by atoms with E-state index in [4.69, 9.17) is 11.6 Å². The van der Waals surface area contributed by atoms with Gasteiger partial charge in [0, 0.05) is 19.6 Å². The highest BCUT2D eigenvalue weighted by Crippen LogP contribution is 2.25. The van der Waals surface area contributed by atoms with Gasteiger partial charge in [-0.2, -0.15) is 5.10 Å². The van der Waals surface area contributed by atoms with E-state index in [2.05, 4.69) is 38.3 Å². The molecule has 0 saturated heterocycles. The number of nitrogens with zero attached hydrogens (tertiary/aromatic N) is 3. The van der Waals surface area contributed by atoms with Crippen LogP contribution in [-0.2, 0) is 19.6 Å². The molecule has 0 saturated carbocycles. The molecule has 140 valence electrons. The van der Waals surface area contributed by atoms with E-state index >= 15 is 0 Å². The molecule has 1 aliphatic heterocycles. The van der Waals surface area contributed by atoms with Crippen molar-refractivity contribution in [2.45, 2.75) is 46.3 Å². The van der Waals surface area contributed by atoms with Gasteiger partial charge in [0.15, 0.2) is 0 Å². The molecule has 7 heteroatoms. The van der Waals surface area contributed by atoms with Gasteiger partial charge in [0.1, 0.15) is 0 Å². The number of nitrogens with one attached hydrogen (secondary N) is 2. The van der Waals surface area contributed by atoms with Gasteiger partial charge in [-0.05, 0) is 44.0 Å². The molecule has 1 aromatic carbocycles. The lowest BCUT2D eigenvalue weighted by molar-refractivity contribution is 0.251. The molecule has 3 rings (SSSR count). The third kappa shape index (κ3) is 4.56. The number of hydrogen-bond acceptors (Lipinski definition) is 3. The van der Waals surface area contributed by atoms with E-state index < -0.39 is 0 Å². The summed E-state index contributed by atoms with van der Waals surface area (Å²) in [5, 5.41) is 10.9. The number of aryl methyl sites for hydroxylation is 2. The van der Waals surface area contributed by atoms with Gasteiger partial charge in [-0.1, -0.05) is 30.7 Å². The maximum absolute atomic E-state index is 12.2. The fourth-order valence-electron chi connectivity index (χ4n) is 3.30. The Kier molecular flexibility index (Phi) is 6.16. The monoisotopic (exact) mass is 375 g/mol. The van der Waals surface area contributed by atoms with Gasteiger partial charge in [-0.15, -0.1) is 0 Å². The smallest absolute Gasteiger partial charge is 0.319 e. The molecule has 0 atom stereocenters. The number of carbonyl (C=O) groups is 1. The van der Waals surface area contributed by atoms with Crippen molar-refractivity contribution in [2.75, 3.05) is 18.4 Å². The molecule has 0 fully saturated rings. The van der Waals surface area contributed by atoms with Crippen molar-refractivity contribution >= 4 is 23.3 Å². The van der Waals surface area contributed by atoms with Crippen LogP contribution in [0.3, 0.4) is 0 Å². The van der Waals surface area contributed by atoms with Gasteiger partial charge in [0.25, 0.3) is 0 Å². The van der Waals surface area contributed by atoms with E-state index in [9.17, 15) is 4.79 Å². The average molecular weight is 376 g/mol. The average Bonchev–Trinajstić information content (AvgIpc) is 2.89. The number of anilines is 1. The number of carbonyl (C=O) groups excluding carboxylic acids is 1. The van der Waals surface area contributed by atoms with Crippen molar-refractivity contribution in [3.05, 3.63) is 46.2 Å². The predicted octanol–water partition coefficient (Wildman–Crippen LogP) is 3.78. The molecule has 1 aliphatic rings. The van der Waals surface area contributed by atoms with Crippen LogP contribution < -0.4 is 10.6 Å². The molecular weight excluding hydrogens is 350 g/mol. The number of amides is 2. The summed E-state index contributed by atoms with van der Waals surface area (Å²) in [4.78, 5) is 14.7. The lowest BCUT2D eigenvalue weighted by atomic mass is 10.2. The number of halogens is 1. The number of rotatable bonds is 5. The van der Waals surface area contributed by atoms with Crippen LogP contribution in [0.25, 0.3) is 0 Å². The molecule has 2 heterocycles. The molecule has 0 bridgehead atoms. The molecular formula is C19H26ClN5O. The Morgan fingerprint density at radius 1 is 1.35 bits per heavy atom. The number of para-hydroxylation sites is 1. The highest BCUT2D eigenvalue weighted by molar-refractivity contribution is 6.33. The second-order valence-electron chi connectivity index (χ2n) is 6.72. The van der Waals surface area contributed by atoms with Gasteiger partial charge in [0.05, 0.1) is 28.6 Å². The quantitative estimate of drug-likeness (QED) is 0.835. The minimum atomic E-state index is -0.281. The summed E-state index contributed by atoms with van der Waals surface area (Å²) in [6.07, 6.45) is 2.26. The van der Waals surface area contributed by atoms with Crippen molar-refractivity contribution in [2.24, 2.45) is 0 Å². The van der Waals surface area contributed by atoms with Crippen LogP contribution in [0.4, 0.5) is 10.5 Å². The Labute approximate surface area is 159 Å². The number of urea groups is 1. The van der Waals surface area contributed by atoms with E-state index in [1.54, 1.807) is 6.07 Å². The van der Waals surface area contributed by atoms with Crippen molar-refractivity contribution < 1.29 is 4.79 Å². The number of fused-ring (bicyclic) bond motifs is 1. The summed E-state index contributed by atoms with van der Waals surface area (Å²) in [6.45, 7) is 8.59. The molecule has 2 aromatic rings. The van der Waals surface area contributed by atoms with E-state index in [1.165, 1.54) is 5.69 Å². The molecule has 2 N–H and O–H groups in total. The first kappa shape index (κ1) is 18.7. The SMILES string of the molecule is CCCN1CCCn2nc(CNC(=O)Nc3c(C)cccc3Cl)cc2C1. The predicted molar refractivity (Wildman–Crippen MR) is 104 cm³/mol. The fraction of sp³-hybridized carbons (Fsp3) is 0.474. The summed E-state index contributed by atoms with van der Waals surface area (Å²) < 4.78 is 2.07. The van der Waals surface area contributed by atoms with Crippen LogP contribution in [-0.4, -0.2) is 33.8 Å². The molecule has 0 unspecified atom stereocenters. The highest BCUT2D eigenvalue weighted by atomic mass is 35.5. The van der Waals surface area contributed by atoms with Crippen molar-refractivity contribution in [3.8, 4) is 0 Å². The minimum Gasteiger partial charge on any atom is -0.332 e. The lowest BCUT2D eigenvalue weighted by Crippen LogP contribution is -2.28. The lowest BCUT2D eigenvalue weighted by Gasteiger charge is -2.17. The Morgan fingerprint density at radius 2 is 2.19 bits per heavy atom. The summed E-state index contributed by atoms with van der Waals surface area (Å²) in [5.41, 5.74) is 3.67. The zero-order valence-corrected chi connectivity index (χ0v) is 16.1. The number of benzene rings is 1. The van der Waals surface area contributed by atoms with Crippen LogP contribution in [0.5, 0.6) is 0 Å². The first-order chi connectivity index (χ1) is 12.6. The van der Waals surface area contributed by atoms with Gasteiger partial charge in [0.2, 0.25) is 0 Å². The Hall–Kier alpha value is -2.05. The molecule has 0 radical (unpaired) electrons. The summed E-state index contributed by atoms with van der Waals surface area (Å²) in [7, 11) is 0. The van der Waals surface area contributed by atoms with Crippen molar-refractivity contribution in [1.82, 2.24) is 20.0 Å². The molecule has 26 heavy (non-hydrogen) atoms. The maximum Gasteiger partial charge on any atom is 0.319 e. The van der Waals surface area contributed by atoms with E-state index in [1.807, 2.05) is 19.1 Å². The van der Waals surface area contributed by atoms with E-state index in [0.29, 0.717) is 17.3 Å². The summed E-state index contributed by atoms with van der Waals surface area (Å²) >= 11 is 6.15. The molecule has 6 nitrogen and oxygen atoms in total. The second kappa shape index (κ2) is 8.56. The first-order valence-corrected chi connectivity index (χ1v) is 9.52. The van der Waals surface area contributed by atoms with Gasteiger partial charge >= 0.3 is 6.03 Å². The van der Waals surface area contributed by atoms with Crippen LogP contribution in [0, 0.1) is 6.92 Å². The van der Waals surface area contributed by atoms with Gasteiger partial charge in [-0.25, -0.2) is 4.79 Å². The zero-order chi connectivity index (χ0) is 18.5. The van der Waals surface area contributed by atoms with Gasteiger partial charge < -0.3 is 10.6 Å². The summed E-state index contributed by atoms with van der Waals surface area (Å²) in [6, 6.07) is 7.35. The Balaban J connectivity index is 1.59. The van der Waals surface area contributed by atoms with Crippen molar-refractivity contribution in [3.63, 3.8) is 0 Å².